The maximum Gasteiger partial charge on any atom is 0.339 e. The molecule has 0 aliphatic heterocycles. The highest BCUT2D eigenvalue weighted by Gasteiger charge is 2.16. The molecule has 0 fully saturated rings. The van der Waals surface area contributed by atoms with Crippen LogP contribution in [0.15, 0.2) is 23.1 Å². The molecule has 0 aromatic heterocycles. The lowest BCUT2D eigenvalue weighted by atomic mass is 10.2. The van der Waals surface area contributed by atoms with Crippen LogP contribution in [0.2, 0.25) is 5.02 Å². The second kappa shape index (κ2) is 7.58. The van der Waals surface area contributed by atoms with Crippen LogP contribution < -0.4 is 5.14 Å². The van der Waals surface area contributed by atoms with Crippen LogP contribution in [0.3, 0.4) is 0 Å². The van der Waals surface area contributed by atoms with Gasteiger partial charge < -0.3 is 9.47 Å². The molecule has 0 amide bonds. The van der Waals surface area contributed by atoms with Gasteiger partial charge in [-0.2, -0.15) is 0 Å². The number of carbonyl (C=O) groups excluding carboxylic acids is 1. The zero-order valence-electron chi connectivity index (χ0n) is 11.0. The number of hydrogen-bond acceptors (Lipinski definition) is 5. The van der Waals surface area contributed by atoms with Gasteiger partial charge in [0, 0.05) is 6.61 Å². The quantitative estimate of drug-likeness (QED) is 0.607. The summed E-state index contributed by atoms with van der Waals surface area (Å²) in [5.74, 6) is -0.722. The van der Waals surface area contributed by atoms with E-state index in [1.807, 2.05) is 6.92 Å². The van der Waals surface area contributed by atoms with E-state index in [0.717, 1.165) is 12.5 Å². The highest BCUT2D eigenvalue weighted by Crippen LogP contribution is 2.20. The minimum absolute atomic E-state index is 0.0475. The van der Waals surface area contributed by atoms with Crippen LogP contribution in [0.4, 0.5) is 0 Å². The Hall–Kier alpha value is -1.15. The van der Waals surface area contributed by atoms with Gasteiger partial charge in [0.1, 0.15) is 6.61 Å². The number of primary sulfonamides is 1. The third-order valence-electron chi connectivity index (χ3n) is 2.30. The third-order valence-corrected chi connectivity index (χ3v) is 3.54. The fourth-order valence-electron chi connectivity index (χ4n) is 1.36. The van der Waals surface area contributed by atoms with Gasteiger partial charge in [0.15, 0.2) is 0 Å². The zero-order chi connectivity index (χ0) is 15.2. The summed E-state index contributed by atoms with van der Waals surface area (Å²) in [6, 6.07) is 3.59. The minimum Gasteiger partial charge on any atom is -0.460 e. The molecule has 8 heteroatoms. The summed E-state index contributed by atoms with van der Waals surface area (Å²) in [5, 5.41) is 5.08. The SMILES string of the molecule is CCCOCCOC(=O)c1cc(S(N)(=O)=O)ccc1Cl. The van der Waals surface area contributed by atoms with E-state index < -0.39 is 16.0 Å². The van der Waals surface area contributed by atoms with Crippen molar-refractivity contribution < 1.29 is 22.7 Å². The number of nitrogens with two attached hydrogens (primary N) is 1. The lowest BCUT2D eigenvalue weighted by Gasteiger charge is -2.08. The van der Waals surface area contributed by atoms with Crippen LogP contribution in [0.25, 0.3) is 0 Å². The Morgan fingerprint density at radius 3 is 2.60 bits per heavy atom. The summed E-state index contributed by atoms with van der Waals surface area (Å²) in [6.07, 6.45) is 0.871. The molecule has 0 atom stereocenters. The van der Waals surface area contributed by atoms with Crippen LogP contribution in [-0.4, -0.2) is 34.2 Å². The number of rotatable bonds is 7. The van der Waals surface area contributed by atoms with Crippen molar-refractivity contribution in [1.82, 2.24) is 0 Å². The number of benzene rings is 1. The van der Waals surface area contributed by atoms with E-state index in [0.29, 0.717) is 6.61 Å². The number of sulfonamides is 1. The van der Waals surface area contributed by atoms with Gasteiger partial charge in [-0.3, -0.25) is 0 Å². The molecule has 0 saturated carbocycles. The molecular formula is C12H16ClNO5S. The van der Waals surface area contributed by atoms with E-state index in [-0.39, 0.29) is 28.7 Å². The smallest absolute Gasteiger partial charge is 0.339 e. The van der Waals surface area contributed by atoms with Crippen molar-refractivity contribution in [2.75, 3.05) is 19.8 Å². The molecular weight excluding hydrogens is 306 g/mol. The summed E-state index contributed by atoms with van der Waals surface area (Å²) in [7, 11) is -3.90. The molecule has 1 rings (SSSR count). The van der Waals surface area contributed by atoms with E-state index in [2.05, 4.69) is 0 Å². The molecule has 2 N–H and O–H groups in total. The molecule has 20 heavy (non-hydrogen) atoms. The van der Waals surface area contributed by atoms with E-state index in [1.54, 1.807) is 0 Å². The van der Waals surface area contributed by atoms with Crippen molar-refractivity contribution in [1.29, 1.82) is 0 Å². The predicted octanol–water partition coefficient (Wildman–Crippen LogP) is 1.57. The maximum absolute atomic E-state index is 11.8. The number of carbonyl (C=O) groups is 1. The first kappa shape index (κ1) is 16.9. The fourth-order valence-corrected chi connectivity index (χ4v) is 2.09. The maximum atomic E-state index is 11.8. The Balaban J connectivity index is 2.72. The zero-order valence-corrected chi connectivity index (χ0v) is 12.5. The third kappa shape index (κ3) is 5.09. The Morgan fingerprint density at radius 1 is 1.30 bits per heavy atom. The molecule has 6 nitrogen and oxygen atoms in total. The van der Waals surface area contributed by atoms with E-state index in [9.17, 15) is 13.2 Å². The monoisotopic (exact) mass is 321 g/mol. The highest BCUT2D eigenvalue weighted by molar-refractivity contribution is 7.89. The van der Waals surface area contributed by atoms with Crippen molar-refractivity contribution in [2.45, 2.75) is 18.2 Å². The molecule has 0 heterocycles. The Morgan fingerprint density at radius 2 is 2.00 bits per heavy atom. The standard InChI is InChI=1S/C12H16ClNO5S/c1-2-5-18-6-7-19-12(15)10-8-9(20(14,16)17)3-4-11(10)13/h3-4,8H,2,5-7H2,1H3,(H2,14,16,17). The average molecular weight is 322 g/mol. The van der Waals surface area contributed by atoms with Crippen molar-refractivity contribution in [3.63, 3.8) is 0 Å². The van der Waals surface area contributed by atoms with Gasteiger partial charge in [0.2, 0.25) is 10.0 Å². The lowest BCUT2D eigenvalue weighted by molar-refractivity contribution is 0.0318. The van der Waals surface area contributed by atoms with Crippen LogP contribution in [0.5, 0.6) is 0 Å². The molecule has 0 unspecified atom stereocenters. The summed E-state index contributed by atoms with van der Waals surface area (Å²) >= 11 is 5.84. The number of hydrogen-bond donors (Lipinski definition) is 1. The molecule has 0 aliphatic carbocycles. The first-order chi connectivity index (χ1) is 9.36. The lowest BCUT2D eigenvalue weighted by Crippen LogP contribution is -2.15. The Labute approximate surface area is 122 Å². The largest absolute Gasteiger partial charge is 0.460 e. The first-order valence-corrected chi connectivity index (χ1v) is 7.86. The van der Waals surface area contributed by atoms with E-state index >= 15 is 0 Å². The van der Waals surface area contributed by atoms with Crippen LogP contribution in [0.1, 0.15) is 23.7 Å². The summed E-state index contributed by atoms with van der Waals surface area (Å²) < 4.78 is 32.5. The normalized spacial score (nSPS) is 11.3. The van der Waals surface area contributed by atoms with Gasteiger partial charge in [-0.1, -0.05) is 18.5 Å². The Kier molecular flexibility index (Phi) is 6.41. The molecule has 0 radical (unpaired) electrons. The predicted molar refractivity (Wildman–Crippen MR) is 74.2 cm³/mol. The van der Waals surface area contributed by atoms with Crippen molar-refractivity contribution in [3.05, 3.63) is 28.8 Å². The van der Waals surface area contributed by atoms with Crippen LogP contribution in [-0.2, 0) is 19.5 Å². The van der Waals surface area contributed by atoms with Crippen LogP contribution >= 0.6 is 11.6 Å². The van der Waals surface area contributed by atoms with Crippen molar-refractivity contribution >= 4 is 27.6 Å². The second-order valence-corrected chi connectivity index (χ2v) is 5.90. The fraction of sp³-hybridized carbons (Fsp3) is 0.417. The van der Waals surface area contributed by atoms with Gasteiger partial charge in [-0.05, 0) is 24.6 Å². The Bertz CT molecular complexity index is 573. The van der Waals surface area contributed by atoms with Crippen molar-refractivity contribution in [3.8, 4) is 0 Å². The molecule has 1 aromatic rings. The molecule has 0 bridgehead atoms. The van der Waals surface area contributed by atoms with Gasteiger partial charge in [0.05, 0.1) is 22.1 Å². The molecule has 1 aromatic carbocycles. The summed E-state index contributed by atoms with van der Waals surface area (Å²) in [4.78, 5) is 11.6. The number of ether oxygens (including phenoxy) is 2. The number of halogens is 1. The minimum atomic E-state index is -3.90. The highest BCUT2D eigenvalue weighted by atomic mass is 35.5. The number of esters is 1. The van der Waals surface area contributed by atoms with Gasteiger partial charge >= 0.3 is 5.97 Å². The average Bonchev–Trinajstić information content (AvgIpc) is 2.37. The molecule has 0 spiro atoms. The summed E-state index contributed by atoms with van der Waals surface area (Å²) in [6.45, 7) is 2.88. The van der Waals surface area contributed by atoms with E-state index in [4.69, 9.17) is 26.2 Å². The van der Waals surface area contributed by atoms with Gasteiger partial charge in [-0.25, -0.2) is 18.4 Å². The van der Waals surface area contributed by atoms with Crippen molar-refractivity contribution in [2.24, 2.45) is 5.14 Å². The topological polar surface area (TPSA) is 95.7 Å². The van der Waals surface area contributed by atoms with Gasteiger partial charge in [-0.15, -0.1) is 0 Å². The molecule has 0 aliphatic rings. The summed E-state index contributed by atoms with van der Waals surface area (Å²) in [5.41, 5.74) is -0.0475. The van der Waals surface area contributed by atoms with Crippen LogP contribution in [0, 0.1) is 0 Å². The second-order valence-electron chi connectivity index (χ2n) is 3.93. The van der Waals surface area contributed by atoms with Gasteiger partial charge in [0.25, 0.3) is 0 Å². The van der Waals surface area contributed by atoms with E-state index in [1.165, 1.54) is 12.1 Å². The molecule has 0 saturated heterocycles. The molecule has 112 valence electrons. The first-order valence-electron chi connectivity index (χ1n) is 5.93.